The Bertz CT molecular complexity index is 692. The van der Waals surface area contributed by atoms with Crippen LogP contribution in [-0.4, -0.2) is 8.42 Å². The number of nitrogens with two attached hydrogens (primary N) is 2. The molecule has 4 N–H and O–H groups in total. The molecule has 2 aromatic rings. The molecule has 0 fully saturated rings. The molecular weight excluding hydrogens is 264 g/mol. The van der Waals surface area contributed by atoms with E-state index in [0.717, 1.165) is 0 Å². The fraction of sp³-hybridized carbons (Fsp3) is 0. The van der Waals surface area contributed by atoms with Crippen molar-refractivity contribution in [3.8, 4) is 0 Å². The Morgan fingerprint density at radius 2 is 1.32 bits per heavy atom. The first kappa shape index (κ1) is 13.0. The van der Waals surface area contributed by atoms with Crippen molar-refractivity contribution in [3.63, 3.8) is 0 Å². The topological polar surface area (TPSA) is 111 Å². The van der Waals surface area contributed by atoms with Crippen LogP contribution in [-0.2, 0) is 9.84 Å². The third-order valence-electron chi connectivity index (χ3n) is 2.51. The summed E-state index contributed by atoms with van der Waals surface area (Å²) in [7, 11) is -3.55. The van der Waals surface area contributed by atoms with E-state index in [9.17, 15) is 8.42 Å². The van der Waals surface area contributed by atoms with E-state index in [1.807, 2.05) is 0 Å². The number of nitrogen functional groups attached to an aromatic ring is 1. The average Bonchev–Trinajstić information content (AvgIpc) is 2.40. The van der Waals surface area contributed by atoms with Gasteiger partial charge in [-0.15, -0.1) is 5.11 Å². The van der Waals surface area contributed by atoms with Gasteiger partial charge in [-0.25, -0.2) is 8.42 Å². The second-order valence-corrected chi connectivity index (χ2v) is 5.73. The summed E-state index contributed by atoms with van der Waals surface area (Å²) < 4.78 is 24.6. The molecule has 0 heterocycles. The lowest BCUT2D eigenvalue weighted by Gasteiger charge is -2.05. The lowest BCUT2D eigenvalue weighted by molar-refractivity contribution is 0.596. The summed E-state index contributed by atoms with van der Waals surface area (Å²) in [6.07, 6.45) is 0. The van der Waals surface area contributed by atoms with Gasteiger partial charge in [0.2, 0.25) is 9.84 Å². The third kappa shape index (κ3) is 2.71. The molecule has 0 aliphatic rings. The largest absolute Gasteiger partial charge is 0.399 e. The monoisotopic (exact) mass is 276 g/mol. The minimum atomic E-state index is -3.55. The van der Waals surface area contributed by atoms with Crippen molar-refractivity contribution in [2.45, 2.75) is 9.79 Å². The number of anilines is 1. The number of hydrogen-bond acceptors (Lipinski definition) is 5. The van der Waals surface area contributed by atoms with Gasteiger partial charge in [0.25, 0.3) is 0 Å². The number of nitrogens with zero attached hydrogens (tertiary/aromatic N) is 2. The van der Waals surface area contributed by atoms with Crippen molar-refractivity contribution in [3.05, 3.63) is 48.5 Å². The summed E-state index contributed by atoms with van der Waals surface area (Å²) in [4.78, 5) is 0.364. The van der Waals surface area contributed by atoms with Crippen LogP contribution in [0.25, 0.3) is 0 Å². The lowest BCUT2D eigenvalue weighted by Crippen LogP contribution is -2.01. The maximum absolute atomic E-state index is 12.3. The maximum Gasteiger partial charge on any atom is 0.206 e. The van der Waals surface area contributed by atoms with Crippen LogP contribution in [0, 0.1) is 0 Å². The van der Waals surface area contributed by atoms with Crippen LogP contribution in [0.15, 0.2) is 68.7 Å². The SMILES string of the molecule is NN=Nc1ccc(S(=O)(=O)c2ccc(N)cc2)cc1. The second-order valence-electron chi connectivity index (χ2n) is 3.78. The molecule has 2 aromatic carbocycles. The average molecular weight is 276 g/mol. The number of sulfone groups is 1. The molecule has 0 saturated heterocycles. The van der Waals surface area contributed by atoms with E-state index < -0.39 is 9.84 Å². The van der Waals surface area contributed by atoms with Crippen molar-refractivity contribution in [1.82, 2.24) is 0 Å². The van der Waals surface area contributed by atoms with Crippen molar-refractivity contribution in [2.75, 3.05) is 5.73 Å². The van der Waals surface area contributed by atoms with Crippen LogP contribution in [0.4, 0.5) is 11.4 Å². The Morgan fingerprint density at radius 1 is 0.842 bits per heavy atom. The van der Waals surface area contributed by atoms with Crippen LogP contribution >= 0.6 is 0 Å². The molecule has 0 saturated carbocycles. The van der Waals surface area contributed by atoms with Gasteiger partial charge in [0.1, 0.15) is 0 Å². The second kappa shape index (κ2) is 5.07. The van der Waals surface area contributed by atoms with E-state index in [2.05, 4.69) is 10.3 Å². The summed E-state index contributed by atoms with van der Waals surface area (Å²) >= 11 is 0. The zero-order valence-corrected chi connectivity index (χ0v) is 10.7. The molecule has 0 radical (unpaired) electrons. The quantitative estimate of drug-likeness (QED) is 0.387. The first-order valence-electron chi connectivity index (χ1n) is 5.35. The van der Waals surface area contributed by atoms with Crippen molar-refractivity contribution < 1.29 is 8.42 Å². The van der Waals surface area contributed by atoms with E-state index >= 15 is 0 Å². The van der Waals surface area contributed by atoms with E-state index in [0.29, 0.717) is 11.4 Å². The Labute approximate surface area is 110 Å². The molecular formula is C12H12N4O2S. The highest BCUT2D eigenvalue weighted by molar-refractivity contribution is 7.91. The molecule has 0 aliphatic heterocycles. The highest BCUT2D eigenvalue weighted by Gasteiger charge is 2.17. The minimum Gasteiger partial charge on any atom is -0.399 e. The smallest absolute Gasteiger partial charge is 0.206 e. The van der Waals surface area contributed by atoms with E-state index in [-0.39, 0.29) is 9.79 Å². The molecule has 7 heteroatoms. The van der Waals surface area contributed by atoms with Crippen LogP contribution in [0.5, 0.6) is 0 Å². The lowest BCUT2D eigenvalue weighted by atomic mass is 10.3. The Hall–Kier alpha value is -2.41. The zero-order chi connectivity index (χ0) is 13.9. The first-order valence-corrected chi connectivity index (χ1v) is 6.84. The molecule has 0 unspecified atom stereocenters. The summed E-state index contributed by atoms with van der Waals surface area (Å²) in [6, 6.07) is 12.0. The van der Waals surface area contributed by atoms with Gasteiger partial charge < -0.3 is 11.6 Å². The molecule has 0 aromatic heterocycles. The van der Waals surface area contributed by atoms with Crippen LogP contribution in [0.1, 0.15) is 0 Å². The summed E-state index contributed by atoms with van der Waals surface area (Å²) in [5.74, 6) is 4.92. The summed E-state index contributed by atoms with van der Waals surface area (Å²) in [5, 5.41) is 6.73. The van der Waals surface area contributed by atoms with Crippen LogP contribution < -0.4 is 11.6 Å². The van der Waals surface area contributed by atoms with Gasteiger partial charge in [0.05, 0.1) is 15.5 Å². The van der Waals surface area contributed by atoms with Crippen LogP contribution in [0.3, 0.4) is 0 Å². The standard InChI is InChI=1S/C12H12N4O2S/c13-9-1-5-11(6-2-9)19(17,18)12-7-3-10(4-8-12)15-16-14/h1-8H,13H2,(H2,14,15). The Morgan fingerprint density at radius 3 is 1.79 bits per heavy atom. The summed E-state index contributed by atoms with van der Waals surface area (Å²) in [5.41, 5.74) is 6.53. The fourth-order valence-electron chi connectivity index (χ4n) is 1.54. The van der Waals surface area contributed by atoms with E-state index in [1.165, 1.54) is 36.4 Å². The molecule has 0 atom stereocenters. The number of rotatable bonds is 3. The van der Waals surface area contributed by atoms with Gasteiger partial charge in [-0.05, 0) is 48.5 Å². The maximum atomic E-state index is 12.3. The number of hydrogen-bond donors (Lipinski definition) is 2. The highest BCUT2D eigenvalue weighted by atomic mass is 32.2. The fourth-order valence-corrected chi connectivity index (χ4v) is 2.80. The normalized spacial score (nSPS) is 11.8. The molecule has 6 nitrogen and oxygen atoms in total. The van der Waals surface area contributed by atoms with Crippen molar-refractivity contribution in [1.29, 1.82) is 0 Å². The summed E-state index contributed by atoms with van der Waals surface area (Å²) in [6.45, 7) is 0. The van der Waals surface area contributed by atoms with Crippen molar-refractivity contribution >= 4 is 21.2 Å². The Balaban J connectivity index is 2.41. The molecule has 2 rings (SSSR count). The van der Waals surface area contributed by atoms with Crippen molar-refractivity contribution in [2.24, 2.45) is 16.2 Å². The van der Waals surface area contributed by atoms with E-state index in [4.69, 9.17) is 11.6 Å². The predicted molar refractivity (Wildman–Crippen MR) is 71.5 cm³/mol. The third-order valence-corrected chi connectivity index (χ3v) is 4.30. The van der Waals surface area contributed by atoms with Gasteiger partial charge in [-0.2, -0.15) is 0 Å². The molecule has 19 heavy (non-hydrogen) atoms. The zero-order valence-electron chi connectivity index (χ0n) is 9.89. The minimum absolute atomic E-state index is 0.174. The van der Waals surface area contributed by atoms with E-state index in [1.54, 1.807) is 12.1 Å². The van der Waals surface area contributed by atoms with Gasteiger partial charge in [-0.3, -0.25) is 0 Å². The van der Waals surface area contributed by atoms with Gasteiger partial charge in [0.15, 0.2) is 0 Å². The van der Waals surface area contributed by atoms with Crippen LogP contribution in [0.2, 0.25) is 0 Å². The van der Waals surface area contributed by atoms with Gasteiger partial charge in [0, 0.05) is 5.69 Å². The van der Waals surface area contributed by atoms with Gasteiger partial charge >= 0.3 is 0 Å². The molecule has 0 spiro atoms. The molecule has 0 bridgehead atoms. The Kier molecular flexibility index (Phi) is 3.48. The molecule has 98 valence electrons. The van der Waals surface area contributed by atoms with Gasteiger partial charge in [-0.1, -0.05) is 5.22 Å². The first-order chi connectivity index (χ1) is 9.04. The molecule has 0 amide bonds. The number of benzene rings is 2. The predicted octanol–water partition coefficient (Wildman–Crippen LogP) is 2.06. The highest BCUT2D eigenvalue weighted by Crippen LogP contribution is 2.23. The molecule has 0 aliphatic carbocycles.